The zero-order valence-electron chi connectivity index (χ0n) is 13.0. The minimum absolute atomic E-state index is 0.472. The van der Waals surface area contributed by atoms with Crippen LogP contribution >= 0.6 is 0 Å². The zero-order chi connectivity index (χ0) is 15.7. The molecule has 2 aromatic rings. The fraction of sp³-hybridized carbons (Fsp3) is 0.412. The Morgan fingerprint density at radius 1 is 1.32 bits per heavy atom. The number of piperidine rings is 1. The predicted octanol–water partition coefficient (Wildman–Crippen LogP) is 2.74. The van der Waals surface area contributed by atoms with Crippen molar-refractivity contribution in [1.82, 2.24) is 4.98 Å². The average molecular weight is 299 g/mol. The average Bonchev–Trinajstić information content (AvgIpc) is 2.53. The third-order valence-electron chi connectivity index (χ3n) is 4.30. The van der Waals surface area contributed by atoms with E-state index in [1.165, 1.54) is 0 Å². The number of benzene rings is 1. The van der Waals surface area contributed by atoms with E-state index in [-0.39, 0.29) is 0 Å². The summed E-state index contributed by atoms with van der Waals surface area (Å²) in [6, 6.07) is 7.71. The van der Waals surface area contributed by atoms with Gasteiger partial charge in [0.05, 0.1) is 0 Å². The van der Waals surface area contributed by atoms with Crippen LogP contribution < -0.4 is 9.80 Å². The standard InChI is InChI=1S/C17H21N3O2/c1-19(2)13-6-7-14-12(11-13)8-9-18-16(14)20-10-4-3-5-15(20)17(21)22/h6-9,11,15H,3-5,10H2,1-2H3,(H,21,22). The fourth-order valence-electron chi connectivity index (χ4n) is 3.10. The zero-order valence-corrected chi connectivity index (χ0v) is 13.0. The van der Waals surface area contributed by atoms with Crippen LogP contribution in [0.1, 0.15) is 19.3 Å². The Hall–Kier alpha value is -2.30. The molecule has 1 N–H and O–H groups in total. The van der Waals surface area contributed by atoms with Crippen molar-refractivity contribution in [3.05, 3.63) is 30.5 Å². The molecule has 2 heterocycles. The minimum atomic E-state index is -0.761. The summed E-state index contributed by atoms with van der Waals surface area (Å²) < 4.78 is 0. The second-order valence-electron chi connectivity index (χ2n) is 5.98. The van der Waals surface area contributed by atoms with Crippen molar-refractivity contribution in [2.75, 3.05) is 30.4 Å². The van der Waals surface area contributed by atoms with Crippen molar-refractivity contribution in [1.29, 1.82) is 0 Å². The quantitative estimate of drug-likeness (QED) is 0.944. The summed E-state index contributed by atoms with van der Waals surface area (Å²) in [6.45, 7) is 0.749. The number of carboxylic acids is 1. The van der Waals surface area contributed by atoms with Crippen LogP contribution in [-0.2, 0) is 4.79 Å². The number of aromatic nitrogens is 1. The van der Waals surface area contributed by atoms with Crippen LogP contribution in [0.2, 0.25) is 0 Å². The lowest BCUT2D eigenvalue weighted by Gasteiger charge is -2.34. The van der Waals surface area contributed by atoms with E-state index in [1.807, 2.05) is 37.2 Å². The van der Waals surface area contributed by atoms with E-state index >= 15 is 0 Å². The van der Waals surface area contributed by atoms with E-state index < -0.39 is 12.0 Å². The van der Waals surface area contributed by atoms with Gasteiger partial charge in [-0.25, -0.2) is 9.78 Å². The van der Waals surface area contributed by atoms with Crippen LogP contribution in [0.25, 0.3) is 10.8 Å². The van der Waals surface area contributed by atoms with Crippen molar-refractivity contribution in [3.63, 3.8) is 0 Å². The van der Waals surface area contributed by atoms with Crippen LogP contribution in [0.15, 0.2) is 30.5 Å². The summed E-state index contributed by atoms with van der Waals surface area (Å²) in [6.07, 6.45) is 4.43. The highest BCUT2D eigenvalue weighted by Crippen LogP contribution is 2.31. The molecule has 1 atom stereocenters. The van der Waals surface area contributed by atoms with E-state index in [0.717, 1.165) is 41.7 Å². The summed E-state index contributed by atoms with van der Waals surface area (Å²) in [5.74, 6) is 0.0262. The second kappa shape index (κ2) is 5.83. The van der Waals surface area contributed by atoms with E-state index in [2.05, 4.69) is 16.0 Å². The van der Waals surface area contributed by atoms with Crippen molar-refractivity contribution in [3.8, 4) is 0 Å². The smallest absolute Gasteiger partial charge is 0.326 e. The Bertz CT molecular complexity index is 699. The molecule has 1 unspecified atom stereocenters. The number of carbonyl (C=O) groups is 1. The van der Waals surface area contributed by atoms with Gasteiger partial charge in [-0.05, 0) is 48.9 Å². The first kappa shape index (κ1) is 14.6. The van der Waals surface area contributed by atoms with Crippen LogP contribution in [0.3, 0.4) is 0 Å². The molecular weight excluding hydrogens is 278 g/mol. The maximum atomic E-state index is 11.5. The molecule has 3 rings (SSSR count). The predicted molar refractivity (Wildman–Crippen MR) is 88.7 cm³/mol. The van der Waals surface area contributed by atoms with Gasteiger partial charge in [0.2, 0.25) is 0 Å². The van der Waals surface area contributed by atoms with Crippen molar-refractivity contribution < 1.29 is 9.90 Å². The molecule has 0 aliphatic carbocycles. The molecule has 1 fully saturated rings. The van der Waals surface area contributed by atoms with Gasteiger partial charge in [-0.1, -0.05) is 0 Å². The normalized spacial score (nSPS) is 18.5. The van der Waals surface area contributed by atoms with Crippen molar-refractivity contribution >= 4 is 28.2 Å². The Kier molecular flexibility index (Phi) is 3.88. The number of hydrogen-bond donors (Lipinski definition) is 1. The van der Waals surface area contributed by atoms with E-state index in [1.54, 1.807) is 6.20 Å². The topological polar surface area (TPSA) is 56.7 Å². The molecule has 116 valence electrons. The summed E-state index contributed by atoms with van der Waals surface area (Å²) in [5, 5.41) is 11.6. The molecule has 5 nitrogen and oxygen atoms in total. The Morgan fingerprint density at radius 2 is 2.14 bits per heavy atom. The molecule has 1 aliphatic heterocycles. The Morgan fingerprint density at radius 3 is 2.86 bits per heavy atom. The third kappa shape index (κ3) is 2.58. The molecule has 1 saturated heterocycles. The van der Waals surface area contributed by atoms with Gasteiger partial charge in [-0.2, -0.15) is 0 Å². The van der Waals surface area contributed by atoms with Gasteiger partial charge in [-0.15, -0.1) is 0 Å². The maximum absolute atomic E-state index is 11.5. The number of rotatable bonds is 3. The number of fused-ring (bicyclic) bond motifs is 1. The summed E-state index contributed by atoms with van der Waals surface area (Å²) in [7, 11) is 4.02. The molecule has 1 aliphatic rings. The summed E-state index contributed by atoms with van der Waals surface area (Å²) in [5.41, 5.74) is 1.12. The van der Waals surface area contributed by atoms with Crippen LogP contribution in [-0.4, -0.2) is 42.7 Å². The third-order valence-corrected chi connectivity index (χ3v) is 4.30. The number of hydrogen-bond acceptors (Lipinski definition) is 4. The SMILES string of the molecule is CN(C)c1ccc2c(N3CCCCC3C(=O)O)nccc2c1. The monoisotopic (exact) mass is 299 g/mol. The molecule has 5 heteroatoms. The largest absolute Gasteiger partial charge is 0.480 e. The molecule has 0 spiro atoms. The van der Waals surface area contributed by atoms with Crippen LogP contribution in [0, 0.1) is 0 Å². The number of aliphatic carboxylic acids is 1. The molecule has 0 bridgehead atoms. The highest BCUT2D eigenvalue weighted by Gasteiger charge is 2.30. The Balaban J connectivity index is 2.08. The lowest BCUT2D eigenvalue weighted by atomic mass is 10.0. The summed E-state index contributed by atoms with van der Waals surface area (Å²) in [4.78, 5) is 20.0. The van der Waals surface area contributed by atoms with Gasteiger partial charge >= 0.3 is 5.97 Å². The second-order valence-corrected chi connectivity index (χ2v) is 5.98. The lowest BCUT2D eigenvalue weighted by molar-refractivity contribution is -0.139. The minimum Gasteiger partial charge on any atom is -0.480 e. The van der Waals surface area contributed by atoms with Gasteiger partial charge in [0.15, 0.2) is 0 Å². The molecule has 1 aromatic carbocycles. The number of nitrogens with zero attached hydrogens (tertiary/aromatic N) is 3. The van der Waals surface area contributed by atoms with E-state index in [9.17, 15) is 9.90 Å². The van der Waals surface area contributed by atoms with Crippen LogP contribution in [0.5, 0.6) is 0 Å². The molecule has 0 saturated carbocycles. The first-order valence-electron chi connectivity index (χ1n) is 7.63. The highest BCUT2D eigenvalue weighted by molar-refractivity contribution is 5.95. The van der Waals surface area contributed by atoms with Gasteiger partial charge in [0, 0.05) is 37.9 Å². The van der Waals surface area contributed by atoms with Gasteiger partial charge in [0.25, 0.3) is 0 Å². The maximum Gasteiger partial charge on any atom is 0.326 e. The molecule has 22 heavy (non-hydrogen) atoms. The van der Waals surface area contributed by atoms with Gasteiger partial charge < -0.3 is 14.9 Å². The first-order valence-corrected chi connectivity index (χ1v) is 7.63. The molecule has 1 aromatic heterocycles. The van der Waals surface area contributed by atoms with E-state index in [0.29, 0.717) is 6.42 Å². The Labute approximate surface area is 130 Å². The first-order chi connectivity index (χ1) is 10.6. The number of carboxylic acid groups (broad SMARTS) is 1. The lowest BCUT2D eigenvalue weighted by Crippen LogP contribution is -2.45. The molecule has 0 radical (unpaired) electrons. The molecule has 0 amide bonds. The highest BCUT2D eigenvalue weighted by atomic mass is 16.4. The number of pyridine rings is 1. The van der Waals surface area contributed by atoms with Crippen molar-refractivity contribution in [2.24, 2.45) is 0 Å². The molecular formula is C17H21N3O2. The van der Waals surface area contributed by atoms with Crippen LogP contribution in [0.4, 0.5) is 11.5 Å². The number of anilines is 2. The fourth-order valence-corrected chi connectivity index (χ4v) is 3.10. The van der Waals surface area contributed by atoms with Gasteiger partial charge in [0.1, 0.15) is 11.9 Å². The summed E-state index contributed by atoms with van der Waals surface area (Å²) >= 11 is 0. The van der Waals surface area contributed by atoms with E-state index in [4.69, 9.17) is 0 Å². The van der Waals surface area contributed by atoms with Crippen molar-refractivity contribution in [2.45, 2.75) is 25.3 Å². The van der Waals surface area contributed by atoms with Gasteiger partial charge in [-0.3, -0.25) is 0 Å².